The maximum Gasteiger partial charge on any atom is 0.305 e. The smallest absolute Gasteiger partial charge is 0.305 e. The fraction of sp³-hybridized carbons (Fsp3) is 0.909. The van der Waals surface area contributed by atoms with Crippen LogP contribution in [0, 0.1) is 0 Å². The van der Waals surface area contributed by atoms with Crippen molar-refractivity contribution in [2.75, 3.05) is 12.9 Å². The average molecular weight is 263 g/mol. The molecule has 100 valence electrons. The molecule has 0 unspecified atom stereocenters. The van der Waals surface area contributed by atoms with E-state index in [0.717, 1.165) is 25.7 Å². The Hall–Kier alpha value is -0.620. The van der Waals surface area contributed by atoms with Crippen molar-refractivity contribution in [1.82, 2.24) is 4.72 Å². The zero-order valence-electron chi connectivity index (χ0n) is 10.5. The molecule has 0 radical (unpaired) electrons. The van der Waals surface area contributed by atoms with E-state index in [4.69, 9.17) is 0 Å². The molecular formula is C11H21NO4S. The largest absolute Gasteiger partial charge is 0.469 e. The first-order valence-corrected chi connectivity index (χ1v) is 7.67. The van der Waals surface area contributed by atoms with Gasteiger partial charge in [0.2, 0.25) is 10.0 Å². The van der Waals surface area contributed by atoms with Crippen molar-refractivity contribution in [2.24, 2.45) is 0 Å². The van der Waals surface area contributed by atoms with Gasteiger partial charge in [-0.2, -0.15) is 0 Å². The Labute approximate surface area is 103 Å². The fourth-order valence-electron chi connectivity index (χ4n) is 2.02. The molecule has 1 saturated carbocycles. The highest BCUT2D eigenvalue weighted by atomic mass is 32.2. The van der Waals surface area contributed by atoms with Gasteiger partial charge in [0.05, 0.1) is 12.9 Å². The van der Waals surface area contributed by atoms with Gasteiger partial charge >= 0.3 is 5.97 Å². The second-order valence-corrected chi connectivity index (χ2v) is 6.43. The highest BCUT2D eigenvalue weighted by Gasteiger charge is 2.38. The summed E-state index contributed by atoms with van der Waals surface area (Å²) < 4.78 is 30.8. The third-order valence-electron chi connectivity index (χ3n) is 3.38. The quantitative estimate of drug-likeness (QED) is 0.700. The number of hydrogen-bond acceptors (Lipinski definition) is 4. The molecule has 0 aliphatic heterocycles. The highest BCUT2D eigenvalue weighted by Crippen LogP contribution is 2.35. The van der Waals surface area contributed by atoms with E-state index in [1.54, 1.807) is 0 Å². The second kappa shape index (κ2) is 5.82. The van der Waals surface area contributed by atoms with Crippen LogP contribution in [0.25, 0.3) is 0 Å². The first-order valence-electron chi connectivity index (χ1n) is 6.01. The minimum atomic E-state index is -3.27. The third kappa shape index (κ3) is 4.27. The lowest BCUT2D eigenvalue weighted by molar-refractivity contribution is -0.140. The molecule has 1 aliphatic carbocycles. The predicted molar refractivity (Wildman–Crippen MR) is 65.0 cm³/mol. The first kappa shape index (κ1) is 14.4. The van der Waals surface area contributed by atoms with Crippen LogP contribution in [-0.4, -0.2) is 32.8 Å². The van der Waals surface area contributed by atoms with E-state index < -0.39 is 10.0 Å². The number of methoxy groups -OCH3 is 1. The number of ether oxygens (including phenoxy) is 1. The summed E-state index contributed by atoms with van der Waals surface area (Å²) in [5.74, 6) is -0.377. The van der Waals surface area contributed by atoms with Gasteiger partial charge < -0.3 is 4.74 Å². The van der Waals surface area contributed by atoms with Crippen LogP contribution in [0.3, 0.4) is 0 Å². The number of carbonyl (C=O) groups excluding carboxylic acids is 1. The van der Waals surface area contributed by atoms with E-state index in [2.05, 4.69) is 9.46 Å². The standard InChI is InChI=1S/C11H21NO4S/c1-3-11(7-5-8-11)12-17(14,15)9-4-6-10(13)16-2/h12H,3-9H2,1-2H3. The van der Waals surface area contributed by atoms with Gasteiger partial charge in [-0.05, 0) is 32.1 Å². The lowest BCUT2D eigenvalue weighted by atomic mass is 9.76. The molecule has 5 nitrogen and oxygen atoms in total. The van der Waals surface area contributed by atoms with Crippen molar-refractivity contribution in [3.05, 3.63) is 0 Å². The third-order valence-corrected chi connectivity index (χ3v) is 4.95. The number of sulfonamides is 1. The molecule has 1 rings (SSSR count). The van der Waals surface area contributed by atoms with Crippen LogP contribution in [0.2, 0.25) is 0 Å². The van der Waals surface area contributed by atoms with E-state index in [1.807, 2.05) is 6.92 Å². The Balaban J connectivity index is 2.38. The first-order chi connectivity index (χ1) is 7.93. The monoisotopic (exact) mass is 263 g/mol. The lowest BCUT2D eigenvalue weighted by Gasteiger charge is -2.41. The van der Waals surface area contributed by atoms with Gasteiger partial charge in [-0.1, -0.05) is 6.92 Å². The predicted octanol–water partition coefficient (Wildman–Crippen LogP) is 1.19. The average Bonchev–Trinajstić information content (AvgIpc) is 2.23. The van der Waals surface area contributed by atoms with Gasteiger partial charge in [-0.3, -0.25) is 4.79 Å². The normalized spacial score (nSPS) is 18.5. The van der Waals surface area contributed by atoms with Gasteiger partial charge in [-0.15, -0.1) is 0 Å². The molecule has 0 heterocycles. The Bertz CT molecular complexity index is 354. The van der Waals surface area contributed by atoms with E-state index in [0.29, 0.717) is 6.42 Å². The summed E-state index contributed by atoms with van der Waals surface area (Å²) in [6.45, 7) is 2.00. The minimum Gasteiger partial charge on any atom is -0.469 e. The molecule has 0 atom stereocenters. The molecule has 1 aliphatic rings. The molecule has 0 saturated heterocycles. The second-order valence-electron chi connectivity index (χ2n) is 4.59. The zero-order valence-corrected chi connectivity index (χ0v) is 11.3. The summed E-state index contributed by atoms with van der Waals surface area (Å²) in [5.41, 5.74) is -0.218. The van der Waals surface area contributed by atoms with Gasteiger partial charge in [0.15, 0.2) is 0 Å². The van der Waals surface area contributed by atoms with Gasteiger partial charge in [-0.25, -0.2) is 13.1 Å². The zero-order chi connectivity index (χ0) is 12.9. The van der Waals surface area contributed by atoms with E-state index in [1.165, 1.54) is 7.11 Å². The summed E-state index contributed by atoms with van der Waals surface area (Å²) in [4.78, 5) is 10.9. The van der Waals surface area contributed by atoms with Crippen LogP contribution in [0.5, 0.6) is 0 Å². The highest BCUT2D eigenvalue weighted by molar-refractivity contribution is 7.89. The number of rotatable bonds is 7. The van der Waals surface area contributed by atoms with Crippen LogP contribution in [-0.2, 0) is 19.6 Å². The summed E-state index contributed by atoms with van der Waals surface area (Å²) in [6, 6.07) is 0. The van der Waals surface area contributed by atoms with Crippen molar-refractivity contribution < 1.29 is 17.9 Å². The number of esters is 1. The molecule has 0 amide bonds. The summed E-state index contributed by atoms with van der Waals surface area (Å²) in [6.07, 6.45) is 4.19. The summed E-state index contributed by atoms with van der Waals surface area (Å²) >= 11 is 0. The Morgan fingerprint density at radius 3 is 2.47 bits per heavy atom. The van der Waals surface area contributed by atoms with Crippen molar-refractivity contribution in [2.45, 2.75) is 51.0 Å². The molecular weight excluding hydrogens is 242 g/mol. The number of carbonyl (C=O) groups is 1. The summed E-state index contributed by atoms with van der Waals surface area (Å²) in [7, 11) is -1.97. The molecule has 1 fully saturated rings. The van der Waals surface area contributed by atoms with E-state index >= 15 is 0 Å². The van der Waals surface area contributed by atoms with E-state index in [-0.39, 0.29) is 23.7 Å². The molecule has 0 aromatic rings. The Morgan fingerprint density at radius 2 is 2.06 bits per heavy atom. The molecule has 6 heteroatoms. The topological polar surface area (TPSA) is 72.5 Å². The molecule has 17 heavy (non-hydrogen) atoms. The van der Waals surface area contributed by atoms with Crippen molar-refractivity contribution in [3.8, 4) is 0 Å². The van der Waals surface area contributed by atoms with Crippen LogP contribution in [0.1, 0.15) is 45.4 Å². The molecule has 0 spiro atoms. The van der Waals surface area contributed by atoms with Crippen LogP contribution in [0.4, 0.5) is 0 Å². The van der Waals surface area contributed by atoms with E-state index in [9.17, 15) is 13.2 Å². The van der Waals surface area contributed by atoms with Crippen molar-refractivity contribution in [1.29, 1.82) is 0 Å². The molecule has 1 N–H and O–H groups in total. The Kier molecular flexibility index (Phi) is 4.94. The van der Waals surface area contributed by atoms with Gasteiger partial charge in [0.25, 0.3) is 0 Å². The van der Waals surface area contributed by atoms with Crippen LogP contribution < -0.4 is 4.72 Å². The minimum absolute atomic E-state index is 0.0101. The lowest BCUT2D eigenvalue weighted by Crippen LogP contribution is -2.53. The van der Waals surface area contributed by atoms with Gasteiger partial charge in [0, 0.05) is 12.0 Å². The maximum absolute atomic E-state index is 11.8. The van der Waals surface area contributed by atoms with Crippen LogP contribution >= 0.6 is 0 Å². The fourth-order valence-corrected chi connectivity index (χ4v) is 3.66. The Morgan fingerprint density at radius 1 is 1.41 bits per heavy atom. The van der Waals surface area contributed by atoms with Crippen molar-refractivity contribution >= 4 is 16.0 Å². The van der Waals surface area contributed by atoms with Crippen LogP contribution in [0.15, 0.2) is 0 Å². The molecule has 0 bridgehead atoms. The molecule has 0 aromatic carbocycles. The molecule has 0 aromatic heterocycles. The maximum atomic E-state index is 11.8. The van der Waals surface area contributed by atoms with Gasteiger partial charge in [0.1, 0.15) is 0 Å². The SMILES string of the molecule is CCC1(NS(=O)(=O)CCCC(=O)OC)CCC1. The number of hydrogen-bond donors (Lipinski definition) is 1. The number of nitrogens with one attached hydrogen (secondary N) is 1. The van der Waals surface area contributed by atoms with Crippen molar-refractivity contribution in [3.63, 3.8) is 0 Å². The summed E-state index contributed by atoms with van der Waals surface area (Å²) in [5, 5.41) is 0.